The van der Waals surface area contributed by atoms with E-state index >= 15 is 0 Å². The standard InChI is InChI=1S/C22H28N4O/c1-15-9-17(14-26(11-15)22(27)18-12-25(3)13-18)19-7-6-16(10-23-2)21-20(19)5-4-8-24-21/h4-8,10,15,17-18H,9,11-14H2,1-3H3/b23-10+/t15-,17+/m1/s1. The van der Waals surface area contributed by atoms with Gasteiger partial charge in [-0.25, -0.2) is 0 Å². The van der Waals surface area contributed by atoms with Crippen molar-refractivity contribution in [2.24, 2.45) is 16.8 Å². The second-order valence-electron chi connectivity index (χ2n) is 8.23. The highest BCUT2D eigenvalue weighted by molar-refractivity contribution is 5.99. The first-order chi connectivity index (χ1) is 13.1. The minimum absolute atomic E-state index is 0.183. The maximum atomic E-state index is 12.9. The Morgan fingerprint density at radius 1 is 1.22 bits per heavy atom. The Morgan fingerprint density at radius 3 is 2.78 bits per heavy atom. The number of pyridine rings is 1. The van der Waals surface area contributed by atoms with Crippen molar-refractivity contribution in [3.63, 3.8) is 0 Å². The van der Waals surface area contributed by atoms with Gasteiger partial charge in [0.25, 0.3) is 0 Å². The highest BCUT2D eigenvalue weighted by atomic mass is 16.2. The van der Waals surface area contributed by atoms with Gasteiger partial charge in [-0.3, -0.25) is 14.8 Å². The number of carbonyl (C=O) groups excluding carboxylic acids is 1. The van der Waals surface area contributed by atoms with Gasteiger partial charge in [0.15, 0.2) is 0 Å². The van der Waals surface area contributed by atoms with E-state index in [-0.39, 0.29) is 5.92 Å². The zero-order valence-electron chi connectivity index (χ0n) is 16.4. The van der Waals surface area contributed by atoms with Crippen molar-refractivity contribution in [1.82, 2.24) is 14.8 Å². The average molecular weight is 364 g/mol. The fraction of sp³-hybridized carbons (Fsp3) is 0.500. The molecule has 2 atom stereocenters. The Balaban J connectivity index is 1.64. The Morgan fingerprint density at radius 2 is 2.04 bits per heavy atom. The lowest BCUT2D eigenvalue weighted by molar-refractivity contribution is -0.142. The quantitative estimate of drug-likeness (QED) is 0.787. The van der Waals surface area contributed by atoms with Gasteiger partial charge in [-0.05, 0) is 31.0 Å². The number of rotatable bonds is 3. The van der Waals surface area contributed by atoms with Crippen molar-refractivity contribution in [1.29, 1.82) is 0 Å². The molecule has 0 saturated carbocycles. The molecular weight excluding hydrogens is 336 g/mol. The summed E-state index contributed by atoms with van der Waals surface area (Å²) in [5, 5.41) is 1.18. The number of nitrogens with zero attached hydrogens (tertiary/aromatic N) is 4. The molecule has 0 radical (unpaired) electrons. The summed E-state index contributed by atoms with van der Waals surface area (Å²) in [7, 11) is 3.86. The number of amides is 1. The summed E-state index contributed by atoms with van der Waals surface area (Å²) in [5.41, 5.74) is 3.35. The minimum Gasteiger partial charge on any atom is -0.341 e. The number of aliphatic imine (C=N–C) groups is 1. The molecule has 1 aromatic carbocycles. The summed E-state index contributed by atoms with van der Waals surface area (Å²) < 4.78 is 0. The summed E-state index contributed by atoms with van der Waals surface area (Å²) in [6, 6.07) is 8.47. The smallest absolute Gasteiger partial charge is 0.228 e. The van der Waals surface area contributed by atoms with E-state index < -0.39 is 0 Å². The molecule has 2 aromatic rings. The van der Waals surface area contributed by atoms with Crippen LogP contribution in [0.15, 0.2) is 35.5 Å². The van der Waals surface area contributed by atoms with Gasteiger partial charge in [0.1, 0.15) is 0 Å². The first-order valence-electron chi connectivity index (χ1n) is 9.84. The summed E-state index contributed by atoms with van der Waals surface area (Å²) in [5.74, 6) is 1.38. The highest BCUT2D eigenvalue weighted by Gasteiger charge is 2.37. The molecule has 0 bridgehead atoms. The monoisotopic (exact) mass is 364 g/mol. The Bertz CT molecular complexity index is 872. The Hall–Kier alpha value is -2.27. The summed E-state index contributed by atoms with van der Waals surface area (Å²) >= 11 is 0. The van der Waals surface area contributed by atoms with Crippen molar-refractivity contribution >= 4 is 23.0 Å². The number of piperidine rings is 1. The number of benzene rings is 1. The van der Waals surface area contributed by atoms with Crippen LogP contribution in [0.3, 0.4) is 0 Å². The molecule has 0 aliphatic carbocycles. The van der Waals surface area contributed by atoms with Crippen LogP contribution in [0.5, 0.6) is 0 Å². The van der Waals surface area contributed by atoms with Crippen LogP contribution >= 0.6 is 0 Å². The zero-order chi connectivity index (χ0) is 19.0. The lowest BCUT2D eigenvalue weighted by Gasteiger charge is -2.42. The second kappa shape index (κ2) is 7.39. The van der Waals surface area contributed by atoms with E-state index in [4.69, 9.17) is 0 Å². The Kier molecular flexibility index (Phi) is 4.96. The third-order valence-electron chi connectivity index (χ3n) is 5.93. The van der Waals surface area contributed by atoms with Crippen LogP contribution in [-0.4, -0.2) is 67.2 Å². The first kappa shape index (κ1) is 18.1. The summed E-state index contributed by atoms with van der Waals surface area (Å²) in [4.78, 5) is 26.0. The summed E-state index contributed by atoms with van der Waals surface area (Å²) in [6.07, 6.45) is 4.82. The molecule has 2 aliphatic rings. The molecular formula is C22H28N4O. The maximum Gasteiger partial charge on any atom is 0.228 e. The fourth-order valence-corrected chi connectivity index (χ4v) is 4.69. The van der Waals surface area contributed by atoms with Gasteiger partial charge in [-0.2, -0.15) is 0 Å². The minimum atomic E-state index is 0.183. The van der Waals surface area contributed by atoms with E-state index in [0.29, 0.717) is 17.7 Å². The van der Waals surface area contributed by atoms with Crippen LogP contribution in [0.2, 0.25) is 0 Å². The van der Waals surface area contributed by atoms with Gasteiger partial charge < -0.3 is 9.80 Å². The van der Waals surface area contributed by atoms with Gasteiger partial charge in [0, 0.05) is 62.5 Å². The number of fused-ring (bicyclic) bond motifs is 1. The van der Waals surface area contributed by atoms with Crippen LogP contribution < -0.4 is 0 Å². The van der Waals surface area contributed by atoms with Gasteiger partial charge >= 0.3 is 0 Å². The lowest BCUT2D eigenvalue weighted by Crippen LogP contribution is -2.55. The lowest BCUT2D eigenvalue weighted by atomic mass is 9.82. The van der Waals surface area contributed by atoms with Crippen LogP contribution in [0.25, 0.3) is 10.9 Å². The molecule has 27 heavy (non-hydrogen) atoms. The number of hydrogen-bond acceptors (Lipinski definition) is 4. The number of carbonyl (C=O) groups is 1. The normalized spacial score (nSPS) is 24.5. The predicted octanol–water partition coefficient (Wildman–Crippen LogP) is 2.80. The van der Waals surface area contributed by atoms with E-state index in [1.165, 1.54) is 10.9 Å². The first-order valence-corrected chi connectivity index (χ1v) is 9.84. The van der Waals surface area contributed by atoms with E-state index in [0.717, 1.165) is 43.7 Å². The second-order valence-corrected chi connectivity index (χ2v) is 8.23. The van der Waals surface area contributed by atoms with E-state index in [1.54, 1.807) is 7.05 Å². The van der Waals surface area contributed by atoms with Crippen LogP contribution in [0.1, 0.15) is 30.4 Å². The average Bonchev–Trinajstić information content (AvgIpc) is 2.65. The third kappa shape index (κ3) is 3.48. The van der Waals surface area contributed by atoms with Gasteiger partial charge in [-0.15, -0.1) is 0 Å². The molecule has 3 heterocycles. The maximum absolute atomic E-state index is 12.9. The molecule has 2 fully saturated rings. The molecule has 0 unspecified atom stereocenters. The molecule has 0 spiro atoms. The topological polar surface area (TPSA) is 48.8 Å². The van der Waals surface area contributed by atoms with Crippen molar-refractivity contribution in [3.8, 4) is 0 Å². The van der Waals surface area contributed by atoms with Gasteiger partial charge in [0.05, 0.1) is 11.4 Å². The SMILES string of the molecule is C/N=C/c1ccc([C@H]2C[C@@H](C)CN(C(=O)C3CN(C)C3)C2)c2cccnc12. The van der Waals surface area contributed by atoms with Gasteiger partial charge in [-0.1, -0.05) is 25.1 Å². The zero-order valence-corrected chi connectivity index (χ0v) is 16.4. The van der Waals surface area contributed by atoms with E-state index in [2.05, 4.69) is 51.9 Å². The number of aromatic nitrogens is 1. The molecule has 5 heteroatoms. The van der Waals surface area contributed by atoms with Crippen molar-refractivity contribution in [2.45, 2.75) is 19.3 Å². The largest absolute Gasteiger partial charge is 0.341 e. The van der Waals surface area contributed by atoms with Crippen LogP contribution in [0.4, 0.5) is 0 Å². The molecule has 2 aliphatic heterocycles. The van der Waals surface area contributed by atoms with Crippen molar-refractivity contribution in [2.75, 3.05) is 40.3 Å². The van der Waals surface area contributed by atoms with Crippen LogP contribution in [-0.2, 0) is 4.79 Å². The molecule has 1 amide bonds. The molecule has 0 N–H and O–H groups in total. The molecule has 5 nitrogen and oxygen atoms in total. The van der Waals surface area contributed by atoms with E-state index in [9.17, 15) is 4.79 Å². The fourth-order valence-electron chi connectivity index (χ4n) is 4.69. The Labute approximate surface area is 161 Å². The molecule has 1 aromatic heterocycles. The third-order valence-corrected chi connectivity index (χ3v) is 5.93. The number of hydrogen-bond donors (Lipinski definition) is 0. The predicted molar refractivity (Wildman–Crippen MR) is 109 cm³/mol. The molecule has 2 saturated heterocycles. The number of likely N-dealkylation sites (tertiary alicyclic amines) is 2. The summed E-state index contributed by atoms with van der Waals surface area (Å²) in [6.45, 7) is 5.75. The van der Waals surface area contributed by atoms with Crippen LogP contribution in [0, 0.1) is 11.8 Å². The van der Waals surface area contributed by atoms with Crippen molar-refractivity contribution < 1.29 is 4.79 Å². The van der Waals surface area contributed by atoms with Gasteiger partial charge in [0.2, 0.25) is 5.91 Å². The van der Waals surface area contributed by atoms with E-state index in [1.807, 2.05) is 18.5 Å². The highest BCUT2D eigenvalue weighted by Crippen LogP contribution is 2.35. The van der Waals surface area contributed by atoms with Crippen molar-refractivity contribution in [3.05, 3.63) is 41.6 Å². The molecule has 142 valence electrons. The molecule has 4 rings (SSSR count).